The number of hydrogen-bond acceptors (Lipinski definition) is 3. The summed E-state index contributed by atoms with van der Waals surface area (Å²) in [6.45, 7) is 6.27. The summed E-state index contributed by atoms with van der Waals surface area (Å²) in [4.78, 5) is 15.0. The number of halogens is 1. The molecular formula is C29H29FN2O2. The first-order chi connectivity index (χ1) is 16.2. The number of ether oxygens (including phenoxy) is 1. The van der Waals surface area contributed by atoms with E-state index in [9.17, 15) is 14.4 Å². The van der Waals surface area contributed by atoms with Gasteiger partial charge in [-0.15, -0.1) is 0 Å². The lowest BCUT2D eigenvalue weighted by molar-refractivity contribution is -0.0770. The standard InChI is InChI=1S/C29H29FN2O2/c1-21(22-9-11-23(12-10-22)24-13-15-26(30)16-14-24)32-18-17-29(34-27(32)33,19-28(2,3)20-31)25-7-5-4-6-8-25/h4-16,21H,17-19H2,1-3H3/t21-,29-/m0/s1. The van der Waals surface area contributed by atoms with Crippen LogP contribution in [0.4, 0.5) is 9.18 Å². The van der Waals surface area contributed by atoms with Crippen LogP contribution < -0.4 is 0 Å². The van der Waals surface area contributed by atoms with Crippen molar-refractivity contribution in [3.8, 4) is 17.2 Å². The third-order valence-corrected chi connectivity index (χ3v) is 6.64. The first kappa shape index (κ1) is 23.5. The molecule has 1 aliphatic heterocycles. The maximum Gasteiger partial charge on any atom is 0.411 e. The number of rotatable bonds is 6. The van der Waals surface area contributed by atoms with E-state index in [4.69, 9.17) is 4.74 Å². The van der Waals surface area contributed by atoms with E-state index in [1.807, 2.05) is 75.4 Å². The van der Waals surface area contributed by atoms with Gasteiger partial charge in [-0.3, -0.25) is 0 Å². The van der Waals surface area contributed by atoms with Gasteiger partial charge in [0, 0.05) is 19.4 Å². The largest absolute Gasteiger partial charge is 0.438 e. The summed E-state index contributed by atoms with van der Waals surface area (Å²) in [5, 5.41) is 9.64. The van der Waals surface area contributed by atoms with Gasteiger partial charge in [0.2, 0.25) is 0 Å². The molecule has 1 amide bonds. The molecule has 1 aliphatic rings. The molecule has 174 valence electrons. The van der Waals surface area contributed by atoms with E-state index in [-0.39, 0.29) is 18.0 Å². The first-order valence-electron chi connectivity index (χ1n) is 11.6. The Bertz CT molecular complexity index is 1180. The molecule has 5 heteroatoms. The number of cyclic esters (lactones) is 1. The molecule has 0 saturated carbocycles. The lowest BCUT2D eigenvalue weighted by Crippen LogP contribution is -2.50. The van der Waals surface area contributed by atoms with Crippen molar-refractivity contribution < 1.29 is 13.9 Å². The quantitative estimate of drug-likeness (QED) is 0.393. The molecule has 34 heavy (non-hydrogen) atoms. The maximum atomic E-state index is 13.3. The van der Waals surface area contributed by atoms with Gasteiger partial charge in [0.05, 0.1) is 17.5 Å². The number of benzene rings is 3. The second-order valence-electron chi connectivity index (χ2n) is 9.65. The number of amides is 1. The summed E-state index contributed by atoms with van der Waals surface area (Å²) >= 11 is 0. The molecule has 4 rings (SSSR count). The van der Waals surface area contributed by atoms with Crippen LogP contribution in [-0.4, -0.2) is 17.5 Å². The summed E-state index contributed by atoms with van der Waals surface area (Å²) in [6, 6.07) is 26.3. The van der Waals surface area contributed by atoms with E-state index in [2.05, 4.69) is 6.07 Å². The van der Waals surface area contributed by atoms with E-state index < -0.39 is 11.0 Å². The van der Waals surface area contributed by atoms with Crippen molar-refractivity contribution in [3.63, 3.8) is 0 Å². The van der Waals surface area contributed by atoms with Gasteiger partial charge in [0.15, 0.2) is 0 Å². The van der Waals surface area contributed by atoms with Gasteiger partial charge in [-0.1, -0.05) is 66.7 Å². The van der Waals surface area contributed by atoms with E-state index >= 15 is 0 Å². The zero-order valence-corrected chi connectivity index (χ0v) is 19.8. The van der Waals surface area contributed by atoms with Crippen LogP contribution in [0.1, 0.15) is 50.8 Å². The lowest BCUT2D eigenvalue weighted by Gasteiger charge is -2.45. The van der Waals surface area contributed by atoms with Crippen LogP contribution in [0, 0.1) is 22.6 Å². The normalized spacial score (nSPS) is 19.3. The van der Waals surface area contributed by atoms with Crippen molar-refractivity contribution in [2.45, 2.75) is 45.3 Å². The topological polar surface area (TPSA) is 53.3 Å². The summed E-state index contributed by atoms with van der Waals surface area (Å²) in [5.74, 6) is -0.262. The molecule has 3 aromatic carbocycles. The van der Waals surface area contributed by atoms with Crippen molar-refractivity contribution in [1.29, 1.82) is 5.26 Å². The molecule has 1 saturated heterocycles. The van der Waals surface area contributed by atoms with Gasteiger partial charge in [-0.2, -0.15) is 5.26 Å². The lowest BCUT2D eigenvalue weighted by atomic mass is 9.75. The van der Waals surface area contributed by atoms with Gasteiger partial charge < -0.3 is 9.64 Å². The predicted octanol–water partition coefficient (Wildman–Crippen LogP) is 7.23. The monoisotopic (exact) mass is 456 g/mol. The number of carbonyl (C=O) groups is 1. The minimum Gasteiger partial charge on any atom is -0.438 e. The summed E-state index contributed by atoms with van der Waals surface area (Å²) in [7, 11) is 0. The Morgan fingerprint density at radius 2 is 1.62 bits per heavy atom. The Balaban J connectivity index is 1.54. The maximum absolute atomic E-state index is 13.3. The van der Waals surface area contributed by atoms with Gasteiger partial charge in [0.25, 0.3) is 0 Å². The van der Waals surface area contributed by atoms with Gasteiger partial charge in [-0.05, 0) is 55.2 Å². The molecule has 0 unspecified atom stereocenters. The second-order valence-corrected chi connectivity index (χ2v) is 9.65. The Hall–Kier alpha value is -3.65. The highest BCUT2D eigenvalue weighted by Gasteiger charge is 2.46. The van der Waals surface area contributed by atoms with Crippen LogP contribution >= 0.6 is 0 Å². The zero-order chi connectivity index (χ0) is 24.3. The molecule has 1 fully saturated rings. The van der Waals surface area contributed by atoms with Crippen molar-refractivity contribution in [2.24, 2.45) is 5.41 Å². The van der Waals surface area contributed by atoms with Crippen molar-refractivity contribution in [1.82, 2.24) is 4.90 Å². The van der Waals surface area contributed by atoms with Crippen molar-refractivity contribution in [2.75, 3.05) is 6.54 Å². The number of carbonyl (C=O) groups excluding carboxylic acids is 1. The van der Waals surface area contributed by atoms with Gasteiger partial charge in [-0.25, -0.2) is 9.18 Å². The fourth-order valence-electron chi connectivity index (χ4n) is 4.72. The molecule has 0 radical (unpaired) electrons. The Labute approximate surface area is 200 Å². The summed E-state index contributed by atoms with van der Waals surface area (Å²) < 4.78 is 19.4. The minimum absolute atomic E-state index is 0.174. The highest BCUT2D eigenvalue weighted by molar-refractivity contribution is 5.70. The van der Waals surface area contributed by atoms with Crippen molar-refractivity contribution in [3.05, 3.63) is 95.8 Å². The molecular weight excluding hydrogens is 427 g/mol. The van der Waals surface area contributed by atoms with Crippen LogP contribution in [0.15, 0.2) is 78.9 Å². The van der Waals surface area contributed by atoms with Crippen LogP contribution in [-0.2, 0) is 10.3 Å². The third kappa shape index (κ3) is 4.82. The number of nitriles is 1. The fourth-order valence-corrected chi connectivity index (χ4v) is 4.72. The first-order valence-corrected chi connectivity index (χ1v) is 11.6. The molecule has 1 heterocycles. The number of hydrogen-bond donors (Lipinski definition) is 0. The predicted molar refractivity (Wildman–Crippen MR) is 130 cm³/mol. The molecule has 0 spiro atoms. The SMILES string of the molecule is C[C@@H](c1ccc(-c2ccc(F)cc2)cc1)N1CC[C@](CC(C)(C)C#N)(c2ccccc2)OC1=O. The highest BCUT2D eigenvalue weighted by Crippen LogP contribution is 2.44. The zero-order valence-electron chi connectivity index (χ0n) is 19.8. The molecule has 0 aromatic heterocycles. The van der Waals surface area contributed by atoms with E-state index in [1.165, 1.54) is 12.1 Å². The van der Waals surface area contributed by atoms with Gasteiger partial charge in [0.1, 0.15) is 11.4 Å². The Morgan fingerprint density at radius 3 is 2.18 bits per heavy atom. The summed E-state index contributed by atoms with van der Waals surface area (Å²) in [5.41, 5.74) is 2.36. The summed E-state index contributed by atoms with van der Waals surface area (Å²) in [6.07, 6.45) is 0.658. The molecule has 3 aromatic rings. The molecule has 2 atom stereocenters. The average Bonchev–Trinajstić information content (AvgIpc) is 2.85. The smallest absolute Gasteiger partial charge is 0.411 e. The van der Waals surface area contributed by atoms with Crippen LogP contribution in [0.5, 0.6) is 0 Å². The van der Waals surface area contributed by atoms with Gasteiger partial charge >= 0.3 is 6.09 Å². The van der Waals surface area contributed by atoms with E-state index in [0.717, 1.165) is 22.3 Å². The Morgan fingerprint density at radius 1 is 1.03 bits per heavy atom. The molecule has 0 bridgehead atoms. The van der Waals surface area contributed by atoms with Crippen molar-refractivity contribution >= 4 is 6.09 Å². The highest BCUT2D eigenvalue weighted by atomic mass is 19.1. The molecule has 0 N–H and O–H groups in total. The fraction of sp³-hybridized carbons (Fsp3) is 0.310. The number of nitrogens with zero attached hydrogens (tertiary/aromatic N) is 2. The molecule has 0 aliphatic carbocycles. The second kappa shape index (κ2) is 9.30. The van der Waals surface area contributed by atoms with Crippen LogP contribution in [0.25, 0.3) is 11.1 Å². The minimum atomic E-state index is -0.833. The average molecular weight is 457 g/mol. The molecule has 4 nitrogen and oxygen atoms in total. The van der Waals surface area contributed by atoms with E-state index in [1.54, 1.807) is 17.0 Å². The van der Waals surface area contributed by atoms with Crippen LogP contribution in [0.3, 0.4) is 0 Å². The Kier molecular flexibility index (Phi) is 6.43. The van der Waals surface area contributed by atoms with Crippen LogP contribution in [0.2, 0.25) is 0 Å². The third-order valence-electron chi connectivity index (χ3n) is 6.64. The van der Waals surface area contributed by atoms with E-state index in [0.29, 0.717) is 19.4 Å².